The molecule has 1 aromatic rings. The van der Waals surface area contributed by atoms with Crippen LogP contribution >= 0.6 is 11.8 Å². The summed E-state index contributed by atoms with van der Waals surface area (Å²) in [6.07, 6.45) is 5.40. The molecule has 0 N–H and O–H groups in total. The predicted molar refractivity (Wildman–Crippen MR) is 66.1 cm³/mol. The number of rotatable bonds is 3. The zero-order valence-corrected chi connectivity index (χ0v) is 10.3. The Labute approximate surface area is 100 Å². The van der Waals surface area contributed by atoms with E-state index in [4.69, 9.17) is 4.74 Å². The van der Waals surface area contributed by atoms with Crippen molar-refractivity contribution in [1.29, 1.82) is 0 Å². The van der Waals surface area contributed by atoms with Crippen LogP contribution in [0.5, 0.6) is 5.75 Å². The lowest BCUT2D eigenvalue weighted by atomic mass is 9.96. The van der Waals surface area contributed by atoms with Crippen LogP contribution in [0.3, 0.4) is 0 Å². The number of hydrogen-bond donors (Lipinski definition) is 0. The van der Waals surface area contributed by atoms with Crippen LogP contribution < -0.4 is 4.74 Å². The number of ketones is 1. The molecule has 0 radical (unpaired) electrons. The van der Waals surface area contributed by atoms with Crippen LogP contribution in [0.4, 0.5) is 0 Å². The minimum absolute atomic E-state index is 0.0846. The Kier molecular flexibility index (Phi) is 3.88. The van der Waals surface area contributed by atoms with Crippen molar-refractivity contribution in [2.24, 2.45) is 0 Å². The fourth-order valence-electron chi connectivity index (χ4n) is 1.93. The molecule has 0 aliphatic heterocycles. The van der Waals surface area contributed by atoms with Crippen molar-refractivity contribution in [3.8, 4) is 5.75 Å². The van der Waals surface area contributed by atoms with Crippen LogP contribution in [0.2, 0.25) is 0 Å². The largest absolute Gasteiger partial charge is 0.490 e. The number of carbonyl (C=O) groups is 1. The normalized spacial score (nSPS) is 20.8. The Morgan fingerprint density at radius 3 is 2.69 bits per heavy atom. The van der Waals surface area contributed by atoms with E-state index in [1.165, 1.54) is 4.90 Å². The summed E-state index contributed by atoms with van der Waals surface area (Å²) < 4.78 is 5.80. The standard InChI is InChI=1S/C13H16O2S/c1-16-13-7-5-11(6-8-13)15-12-4-2-3-10(14)9-12/h5-8,12H,2-4,9H2,1H3. The Morgan fingerprint density at radius 1 is 1.31 bits per heavy atom. The molecule has 0 aromatic heterocycles. The van der Waals surface area contributed by atoms with Crippen molar-refractivity contribution in [3.05, 3.63) is 24.3 Å². The number of Topliss-reactive ketones (excluding diaryl/α,β-unsaturated/α-hetero) is 1. The molecule has 1 aliphatic carbocycles. The van der Waals surface area contributed by atoms with Crippen molar-refractivity contribution < 1.29 is 9.53 Å². The van der Waals surface area contributed by atoms with Crippen LogP contribution in [-0.4, -0.2) is 18.1 Å². The van der Waals surface area contributed by atoms with Gasteiger partial charge in [0.15, 0.2) is 0 Å². The molecule has 1 aromatic carbocycles. The van der Waals surface area contributed by atoms with Gasteiger partial charge in [0.2, 0.25) is 0 Å². The van der Waals surface area contributed by atoms with Gasteiger partial charge in [-0.05, 0) is 43.4 Å². The van der Waals surface area contributed by atoms with Crippen molar-refractivity contribution in [2.45, 2.75) is 36.7 Å². The molecule has 86 valence electrons. The second-order valence-corrected chi connectivity index (χ2v) is 4.93. The zero-order valence-electron chi connectivity index (χ0n) is 9.44. The van der Waals surface area contributed by atoms with Gasteiger partial charge < -0.3 is 4.74 Å². The molecule has 1 unspecified atom stereocenters. The van der Waals surface area contributed by atoms with Gasteiger partial charge in [-0.25, -0.2) is 0 Å². The molecule has 1 fully saturated rings. The van der Waals surface area contributed by atoms with Gasteiger partial charge in [0.05, 0.1) is 0 Å². The lowest BCUT2D eigenvalue weighted by molar-refractivity contribution is -0.122. The molecule has 1 aliphatic rings. The first kappa shape index (κ1) is 11.5. The Hall–Kier alpha value is -0.960. The Balaban J connectivity index is 1.94. The van der Waals surface area contributed by atoms with Crippen LogP contribution in [-0.2, 0) is 4.79 Å². The third-order valence-corrected chi connectivity index (χ3v) is 3.54. The number of hydrogen-bond acceptors (Lipinski definition) is 3. The minimum Gasteiger partial charge on any atom is -0.490 e. The van der Waals surface area contributed by atoms with E-state index in [1.54, 1.807) is 11.8 Å². The Morgan fingerprint density at radius 2 is 2.06 bits per heavy atom. The number of thioether (sulfide) groups is 1. The van der Waals surface area contributed by atoms with Gasteiger partial charge in [0, 0.05) is 17.7 Å². The molecule has 0 amide bonds. The quantitative estimate of drug-likeness (QED) is 0.753. The van der Waals surface area contributed by atoms with Gasteiger partial charge >= 0.3 is 0 Å². The zero-order chi connectivity index (χ0) is 11.4. The molecular formula is C13H16O2S. The topological polar surface area (TPSA) is 26.3 Å². The summed E-state index contributed by atoms with van der Waals surface area (Å²) in [5, 5.41) is 0. The summed E-state index contributed by atoms with van der Waals surface area (Å²) >= 11 is 1.71. The van der Waals surface area contributed by atoms with Crippen LogP contribution in [0.25, 0.3) is 0 Å². The fraction of sp³-hybridized carbons (Fsp3) is 0.462. The van der Waals surface area contributed by atoms with Crippen molar-refractivity contribution in [3.63, 3.8) is 0 Å². The molecule has 16 heavy (non-hydrogen) atoms. The SMILES string of the molecule is CSc1ccc(OC2CCCC(=O)C2)cc1. The summed E-state index contributed by atoms with van der Waals surface area (Å²) in [4.78, 5) is 12.5. The third-order valence-electron chi connectivity index (χ3n) is 2.80. The van der Waals surface area contributed by atoms with Crippen molar-refractivity contribution in [2.75, 3.05) is 6.26 Å². The maximum atomic E-state index is 11.3. The molecule has 1 saturated carbocycles. The first-order chi connectivity index (χ1) is 7.78. The van der Waals surface area contributed by atoms with Gasteiger partial charge in [-0.1, -0.05) is 0 Å². The molecule has 0 spiro atoms. The van der Waals surface area contributed by atoms with E-state index in [1.807, 2.05) is 24.3 Å². The summed E-state index contributed by atoms with van der Waals surface area (Å²) in [6, 6.07) is 8.05. The first-order valence-electron chi connectivity index (χ1n) is 5.60. The average Bonchev–Trinajstić information content (AvgIpc) is 2.30. The lowest BCUT2D eigenvalue weighted by Gasteiger charge is -2.22. The second-order valence-electron chi connectivity index (χ2n) is 4.05. The average molecular weight is 236 g/mol. The van der Waals surface area contributed by atoms with E-state index in [-0.39, 0.29) is 6.10 Å². The highest BCUT2D eigenvalue weighted by Crippen LogP contribution is 2.23. The molecule has 1 atom stereocenters. The molecule has 2 rings (SSSR count). The van der Waals surface area contributed by atoms with Crippen LogP contribution in [0.1, 0.15) is 25.7 Å². The predicted octanol–water partition coefficient (Wildman–Crippen LogP) is 3.30. The summed E-state index contributed by atoms with van der Waals surface area (Å²) in [6.45, 7) is 0. The molecule has 0 bridgehead atoms. The molecule has 2 nitrogen and oxygen atoms in total. The summed E-state index contributed by atoms with van der Waals surface area (Å²) in [7, 11) is 0. The van der Waals surface area contributed by atoms with Crippen molar-refractivity contribution in [1.82, 2.24) is 0 Å². The third kappa shape index (κ3) is 3.01. The molecule has 0 heterocycles. The van der Waals surface area contributed by atoms with E-state index in [9.17, 15) is 4.79 Å². The van der Waals surface area contributed by atoms with Gasteiger partial charge in [-0.2, -0.15) is 0 Å². The molecular weight excluding hydrogens is 220 g/mol. The summed E-state index contributed by atoms with van der Waals surface area (Å²) in [5.41, 5.74) is 0. The van der Waals surface area contributed by atoms with Crippen LogP contribution in [0.15, 0.2) is 29.2 Å². The van der Waals surface area contributed by atoms with Gasteiger partial charge in [0.25, 0.3) is 0 Å². The molecule has 3 heteroatoms. The van der Waals surface area contributed by atoms with E-state index in [2.05, 4.69) is 6.26 Å². The maximum absolute atomic E-state index is 11.3. The smallest absolute Gasteiger partial charge is 0.136 e. The van der Waals surface area contributed by atoms with Gasteiger partial charge in [-0.3, -0.25) is 4.79 Å². The van der Waals surface area contributed by atoms with Gasteiger partial charge in [-0.15, -0.1) is 11.8 Å². The van der Waals surface area contributed by atoms with Crippen LogP contribution in [0, 0.1) is 0 Å². The lowest BCUT2D eigenvalue weighted by Crippen LogP contribution is -2.25. The van der Waals surface area contributed by atoms with E-state index in [0.717, 1.165) is 25.0 Å². The second kappa shape index (κ2) is 5.39. The fourth-order valence-corrected chi connectivity index (χ4v) is 2.34. The van der Waals surface area contributed by atoms with E-state index < -0.39 is 0 Å². The monoisotopic (exact) mass is 236 g/mol. The number of ether oxygens (including phenoxy) is 1. The summed E-state index contributed by atoms with van der Waals surface area (Å²) in [5.74, 6) is 1.20. The first-order valence-corrected chi connectivity index (χ1v) is 6.83. The maximum Gasteiger partial charge on any atom is 0.136 e. The highest BCUT2D eigenvalue weighted by molar-refractivity contribution is 7.98. The highest BCUT2D eigenvalue weighted by atomic mass is 32.2. The van der Waals surface area contributed by atoms with Crippen molar-refractivity contribution >= 4 is 17.5 Å². The molecule has 0 saturated heterocycles. The Bertz CT molecular complexity index is 359. The van der Waals surface area contributed by atoms with E-state index in [0.29, 0.717) is 12.2 Å². The number of carbonyl (C=O) groups excluding carboxylic acids is 1. The minimum atomic E-state index is 0.0846. The number of benzene rings is 1. The van der Waals surface area contributed by atoms with E-state index >= 15 is 0 Å². The van der Waals surface area contributed by atoms with Gasteiger partial charge in [0.1, 0.15) is 17.6 Å². The highest BCUT2D eigenvalue weighted by Gasteiger charge is 2.20.